The van der Waals surface area contributed by atoms with Gasteiger partial charge in [-0.2, -0.15) is 4.98 Å². The molecule has 27 heavy (non-hydrogen) atoms. The molecule has 0 radical (unpaired) electrons. The first-order chi connectivity index (χ1) is 12.8. The maximum atomic E-state index is 5.47. The van der Waals surface area contributed by atoms with Gasteiger partial charge in [0, 0.05) is 12.0 Å². The molecule has 0 aliphatic carbocycles. The molecule has 0 aliphatic rings. The molecule has 2 aromatic heterocycles. The number of aromatic nitrogens is 5. The van der Waals surface area contributed by atoms with Gasteiger partial charge in [-0.15, -0.1) is 10.2 Å². The lowest BCUT2D eigenvalue weighted by molar-refractivity contribution is 0.364. The molecule has 0 aliphatic heterocycles. The summed E-state index contributed by atoms with van der Waals surface area (Å²) in [5.74, 6) is 2.85. The Morgan fingerprint density at radius 1 is 1.22 bits per heavy atom. The van der Waals surface area contributed by atoms with E-state index in [1.54, 1.807) is 18.9 Å². The molecular weight excluding hydrogens is 362 g/mol. The molecule has 0 saturated heterocycles. The zero-order chi connectivity index (χ0) is 19.6. The SMILES string of the molecule is CCn1c(SC(C)c2nc(C(C)(C)C)no2)nnc1-c1ccccc1OC. The van der Waals surface area contributed by atoms with E-state index >= 15 is 0 Å². The number of hydrogen-bond acceptors (Lipinski definition) is 7. The zero-order valence-corrected chi connectivity index (χ0v) is 17.4. The minimum Gasteiger partial charge on any atom is -0.496 e. The van der Waals surface area contributed by atoms with Crippen LogP contribution in [-0.2, 0) is 12.0 Å². The van der Waals surface area contributed by atoms with Gasteiger partial charge in [0.2, 0.25) is 5.89 Å². The fourth-order valence-electron chi connectivity index (χ4n) is 2.60. The van der Waals surface area contributed by atoms with Crippen LogP contribution in [-0.4, -0.2) is 32.0 Å². The van der Waals surface area contributed by atoms with Crippen LogP contribution in [0, 0.1) is 0 Å². The van der Waals surface area contributed by atoms with Crippen LogP contribution in [0.2, 0.25) is 0 Å². The highest BCUT2D eigenvalue weighted by Gasteiger charge is 2.25. The van der Waals surface area contributed by atoms with E-state index in [4.69, 9.17) is 9.26 Å². The third kappa shape index (κ3) is 4.00. The van der Waals surface area contributed by atoms with Crippen molar-refractivity contribution in [2.24, 2.45) is 0 Å². The van der Waals surface area contributed by atoms with E-state index in [0.717, 1.165) is 28.8 Å². The van der Waals surface area contributed by atoms with Gasteiger partial charge in [-0.25, -0.2) is 0 Å². The molecule has 0 fully saturated rings. The highest BCUT2D eigenvalue weighted by atomic mass is 32.2. The monoisotopic (exact) mass is 387 g/mol. The minimum absolute atomic E-state index is 0.0337. The maximum absolute atomic E-state index is 5.47. The Hall–Kier alpha value is -2.35. The lowest BCUT2D eigenvalue weighted by Gasteiger charge is -2.12. The third-order valence-electron chi connectivity index (χ3n) is 4.12. The molecule has 144 valence electrons. The van der Waals surface area contributed by atoms with Gasteiger partial charge in [-0.05, 0) is 26.0 Å². The normalized spacial score (nSPS) is 13.0. The Morgan fingerprint density at radius 3 is 2.59 bits per heavy atom. The van der Waals surface area contributed by atoms with Crippen LogP contribution in [0.25, 0.3) is 11.4 Å². The molecule has 3 aromatic rings. The molecule has 3 rings (SSSR count). The molecule has 1 unspecified atom stereocenters. The summed E-state index contributed by atoms with van der Waals surface area (Å²) in [5, 5.41) is 13.7. The maximum Gasteiger partial charge on any atom is 0.239 e. The Labute approximate surface area is 163 Å². The highest BCUT2D eigenvalue weighted by Crippen LogP contribution is 2.36. The Bertz CT molecular complexity index is 913. The van der Waals surface area contributed by atoms with Crippen molar-refractivity contribution in [2.75, 3.05) is 7.11 Å². The van der Waals surface area contributed by atoms with Gasteiger partial charge < -0.3 is 13.8 Å². The summed E-state index contributed by atoms with van der Waals surface area (Å²) in [5.41, 5.74) is 0.772. The highest BCUT2D eigenvalue weighted by molar-refractivity contribution is 7.99. The summed E-state index contributed by atoms with van der Waals surface area (Å²) in [6.45, 7) is 11.0. The molecule has 1 atom stereocenters. The molecule has 1 aromatic carbocycles. The van der Waals surface area contributed by atoms with E-state index in [1.165, 1.54) is 0 Å². The van der Waals surface area contributed by atoms with Gasteiger partial charge in [0.05, 0.1) is 17.9 Å². The Kier molecular flexibility index (Phi) is 5.55. The lowest BCUT2D eigenvalue weighted by atomic mass is 9.96. The average Bonchev–Trinajstić information content (AvgIpc) is 3.28. The van der Waals surface area contributed by atoms with Crippen molar-refractivity contribution in [3.05, 3.63) is 36.0 Å². The molecule has 7 nitrogen and oxygen atoms in total. The number of benzene rings is 1. The smallest absolute Gasteiger partial charge is 0.239 e. The van der Waals surface area contributed by atoms with Crippen LogP contribution in [0.4, 0.5) is 0 Å². The van der Waals surface area contributed by atoms with E-state index < -0.39 is 0 Å². The van der Waals surface area contributed by atoms with Crippen molar-refractivity contribution in [3.8, 4) is 17.1 Å². The third-order valence-corrected chi connectivity index (χ3v) is 5.19. The van der Waals surface area contributed by atoms with Crippen LogP contribution in [0.3, 0.4) is 0 Å². The zero-order valence-electron chi connectivity index (χ0n) is 16.6. The summed E-state index contributed by atoms with van der Waals surface area (Å²) in [6.07, 6.45) is 0. The summed E-state index contributed by atoms with van der Waals surface area (Å²) < 4.78 is 13.0. The van der Waals surface area contributed by atoms with E-state index in [0.29, 0.717) is 11.7 Å². The lowest BCUT2D eigenvalue weighted by Crippen LogP contribution is -2.13. The van der Waals surface area contributed by atoms with Crippen LogP contribution in [0.15, 0.2) is 33.9 Å². The summed E-state index contributed by atoms with van der Waals surface area (Å²) in [6, 6.07) is 7.82. The second-order valence-corrected chi connectivity index (χ2v) is 8.52. The van der Waals surface area contributed by atoms with E-state index in [2.05, 4.69) is 52.6 Å². The van der Waals surface area contributed by atoms with Crippen molar-refractivity contribution in [3.63, 3.8) is 0 Å². The van der Waals surface area contributed by atoms with Gasteiger partial charge in [-0.3, -0.25) is 0 Å². The number of thioether (sulfide) groups is 1. The second kappa shape index (κ2) is 7.72. The second-order valence-electron chi connectivity index (χ2n) is 7.22. The first-order valence-corrected chi connectivity index (χ1v) is 9.80. The largest absolute Gasteiger partial charge is 0.496 e. The van der Waals surface area contributed by atoms with Gasteiger partial charge in [-0.1, -0.05) is 49.8 Å². The fourth-order valence-corrected chi connectivity index (χ4v) is 3.55. The molecule has 0 saturated carbocycles. The molecule has 0 N–H and O–H groups in total. The summed E-state index contributed by atoms with van der Waals surface area (Å²) >= 11 is 1.55. The van der Waals surface area contributed by atoms with Gasteiger partial charge in [0.15, 0.2) is 16.8 Å². The van der Waals surface area contributed by atoms with E-state index in [9.17, 15) is 0 Å². The quantitative estimate of drug-likeness (QED) is 0.576. The number of ether oxygens (including phenoxy) is 1. The van der Waals surface area contributed by atoms with Crippen molar-refractivity contribution in [1.82, 2.24) is 24.9 Å². The van der Waals surface area contributed by atoms with Crippen molar-refractivity contribution in [1.29, 1.82) is 0 Å². The first kappa shape index (κ1) is 19.4. The Balaban J connectivity index is 1.88. The van der Waals surface area contributed by atoms with Gasteiger partial charge >= 0.3 is 0 Å². The predicted molar refractivity (Wildman–Crippen MR) is 105 cm³/mol. The Morgan fingerprint density at radius 2 is 1.96 bits per heavy atom. The van der Waals surface area contributed by atoms with Crippen molar-refractivity contribution in [2.45, 2.75) is 57.0 Å². The molecule has 0 amide bonds. The number of methoxy groups -OCH3 is 1. The topological polar surface area (TPSA) is 78.9 Å². The first-order valence-electron chi connectivity index (χ1n) is 8.92. The van der Waals surface area contributed by atoms with Crippen LogP contribution in [0.5, 0.6) is 5.75 Å². The number of nitrogens with zero attached hydrogens (tertiary/aromatic N) is 5. The van der Waals surface area contributed by atoms with Crippen LogP contribution < -0.4 is 4.74 Å². The number of para-hydroxylation sites is 1. The van der Waals surface area contributed by atoms with Crippen LogP contribution in [0.1, 0.15) is 51.6 Å². The van der Waals surface area contributed by atoms with E-state index in [-0.39, 0.29) is 10.7 Å². The molecule has 8 heteroatoms. The molecule has 0 spiro atoms. The standard InChI is InChI=1S/C19H25N5O2S/c1-7-24-15(13-10-8-9-11-14(13)25-6)21-22-18(24)27-12(2)16-20-17(23-26-16)19(3,4)5/h8-12H,7H2,1-6H3. The predicted octanol–water partition coefficient (Wildman–Crippen LogP) is 4.51. The minimum atomic E-state index is -0.146. The molecule has 0 bridgehead atoms. The number of hydrogen-bond donors (Lipinski definition) is 0. The molecular formula is C19H25N5O2S. The van der Waals surface area contributed by atoms with Crippen molar-refractivity contribution >= 4 is 11.8 Å². The average molecular weight is 388 g/mol. The summed E-state index contributed by atoms with van der Waals surface area (Å²) in [4.78, 5) is 4.55. The van der Waals surface area contributed by atoms with E-state index in [1.807, 2.05) is 31.2 Å². The molecule has 2 heterocycles. The summed E-state index contributed by atoms with van der Waals surface area (Å²) in [7, 11) is 1.66. The van der Waals surface area contributed by atoms with Crippen LogP contribution >= 0.6 is 11.8 Å². The van der Waals surface area contributed by atoms with Gasteiger partial charge in [0.1, 0.15) is 5.75 Å². The van der Waals surface area contributed by atoms with Crippen molar-refractivity contribution < 1.29 is 9.26 Å². The fraction of sp³-hybridized carbons (Fsp3) is 0.474. The number of rotatable bonds is 6. The van der Waals surface area contributed by atoms with Gasteiger partial charge in [0.25, 0.3) is 0 Å².